The minimum absolute atomic E-state index is 0.696. The molecule has 0 aliphatic rings. The van der Waals surface area contributed by atoms with Crippen molar-refractivity contribution in [1.82, 2.24) is 24.8 Å². The summed E-state index contributed by atoms with van der Waals surface area (Å²) in [6.45, 7) is 2.93. The lowest BCUT2D eigenvalue weighted by atomic mass is 10.0. The summed E-state index contributed by atoms with van der Waals surface area (Å²) < 4.78 is 3.73. The Kier molecular flexibility index (Phi) is 5.61. The zero-order valence-corrected chi connectivity index (χ0v) is 16.2. The van der Waals surface area contributed by atoms with Gasteiger partial charge >= 0.3 is 0 Å². The van der Waals surface area contributed by atoms with Crippen molar-refractivity contribution < 1.29 is 0 Å². The van der Waals surface area contributed by atoms with Crippen LogP contribution in [-0.2, 0) is 13.0 Å². The number of benzene rings is 2. The fourth-order valence-corrected chi connectivity index (χ4v) is 3.29. The van der Waals surface area contributed by atoms with Gasteiger partial charge in [0.2, 0.25) is 0 Å². The molecule has 28 heavy (non-hydrogen) atoms. The summed E-state index contributed by atoms with van der Waals surface area (Å²) in [5.74, 6) is 0. The lowest BCUT2D eigenvalue weighted by Gasteiger charge is -2.04. The summed E-state index contributed by atoms with van der Waals surface area (Å²) in [4.78, 5) is 0. The molecule has 0 saturated carbocycles. The fourth-order valence-electron chi connectivity index (χ4n) is 3.29. The van der Waals surface area contributed by atoms with Crippen molar-refractivity contribution in [1.29, 1.82) is 0 Å². The van der Waals surface area contributed by atoms with E-state index in [1.54, 1.807) is 6.20 Å². The molecular weight excluding hydrogens is 346 g/mol. The molecule has 0 N–H and O–H groups in total. The SMILES string of the molecule is CCCCCc1ccc(-c2cn(Cc3ccc(-n4cccn4)cc3)nn2)cc1. The van der Waals surface area contributed by atoms with Crippen LogP contribution in [0.3, 0.4) is 0 Å². The quantitative estimate of drug-likeness (QED) is 0.413. The molecule has 0 spiro atoms. The van der Waals surface area contributed by atoms with Gasteiger partial charge in [0, 0.05) is 18.0 Å². The van der Waals surface area contributed by atoms with E-state index in [9.17, 15) is 0 Å². The van der Waals surface area contributed by atoms with Gasteiger partial charge in [-0.15, -0.1) is 5.10 Å². The van der Waals surface area contributed by atoms with Crippen molar-refractivity contribution in [2.45, 2.75) is 39.2 Å². The van der Waals surface area contributed by atoms with Gasteiger partial charge in [-0.3, -0.25) is 0 Å². The van der Waals surface area contributed by atoms with Crippen LogP contribution in [-0.4, -0.2) is 24.8 Å². The number of hydrogen-bond donors (Lipinski definition) is 0. The van der Waals surface area contributed by atoms with Crippen LogP contribution in [0.15, 0.2) is 73.2 Å². The van der Waals surface area contributed by atoms with Crippen LogP contribution in [0.5, 0.6) is 0 Å². The number of nitrogens with zero attached hydrogens (tertiary/aromatic N) is 5. The van der Waals surface area contributed by atoms with E-state index in [2.05, 4.69) is 70.9 Å². The standard InChI is InChI=1S/C23H25N5/c1-2-3-4-6-19-7-11-21(12-8-19)23-18-27(26-25-23)17-20-9-13-22(14-10-20)28-16-5-15-24-28/h5,7-16,18H,2-4,6,17H2,1H3. The molecule has 0 saturated heterocycles. The maximum atomic E-state index is 4.34. The van der Waals surface area contributed by atoms with Gasteiger partial charge in [-0.2, -0.15) is 5.10 Å². The third kappa shape index (κ3) is 4.36. The molecule has 0 radical (unpaired) electrons. The van der Waals surface area contributed by atoms with Crippen LogP contribution < -0.4 is 0 Å². The zero-order valence-electron chi connectivity index (χ0n) is 16.2. The summed E-state index contributed by atoms with van der Waals surface area (Å²) in [5.41, 5.74) is 5.64. The van der Waals surface area contributed by atoms with Crippen molar-refractivity contribution in [3.05, 3.63) is 84.3 Å². The van der Waals surface area contributed by atoms with Crippen LogP contribution >= 0.6 is 0 Å². The van der Waals surface area contributed by atoms with Gasteiger partial charge in [0.25, 0.3) is 0 Å². The zero-order chi connectivity index (χ0) is 19.2. The highest BCUT2D eigenvalue weighted by molar-refractivity contribution is 5.58. The molecule has 2 aromatic heterocycles. The Morgan fingerprint density at radius 1 is 0.893 bits per heavy atom. The lowest BCUT2D eigenvalue weighted by molar-refractivity contribution is 0.649. The van der Waals surface area contributed by atoms with Crippen molar-refractivity contribution in [2.75, 3.05) is 0 Å². The molecule has 0 fully saturated rings. The average Bonchev–Trinajstić information content (AvgIpc) is 3.42. The van der Waals surface area contributed by atoms with E-state index >= 15 is 0 Å². The molecule has 4 aromatic rings. The molecule has 5 nitrogen and oxygen atoms in total. The maximum Gasteiger partial charge on any atom is 0.113 e. The highest BCUT2D eigenvalue weighted by Gasteiger charge is 2.05. The molecule has 0 aliphatic carbocycles. The van der Waals surface area contributed by atoms with Crippen LogP contribution in [0.1, 0.15) is 37.3 Å². The first-order valence-corrected chi connectivity index (χ1v) is 9.90. The number of unbranched alkanes of at least 4 members (excludes halogenated alkanes) is 2. The van der Waals surface area contributed by atoms with Crippen molar-refractivity contribution in [3.8, 4) is 16.9 Å². The molecule has 2 aromatic carbocycles. The second-order valence-electron chi connectivity index (χ2n) is 7.07. The molecule has 2 heterocycles. The van der Waals surface area contributed by atoms with E-state index in [0.717, 1.165) is 23.4 Å². The highest BCUT2D eigenvalue weighted by atomic mass is 15.4. The summed E-state index contributed by atoms with van der Waals surface area (Å²) in [7, 11) is 0. The summed E-state index contributed by atoms with van der Waals surface area (Å²) in [5, 5.41) is 12.9. The Bertz CT molecular complexity index is 982. The number of aromatic nitrogens is 5. The third-order valence-corrected chi connectivity index (χ3v) is 4.91. The van der Waals surface area contributed by atoms with Crippen LogP contribution in [0, 0.1) is 0 Å². The second kappa shape index (κ2) is 8.65. The summed E-state index contributed by atoms with van der Waals surface area (Å²) in [6.07, 6.45) is 10.7. The minimum atomic E-state index is 0.696. The van der Waals surface area contributed by atoms with Crippen LogP contribution in [0.2, 0.25) is 0 Å². The van der Waals surface area contributed by atoms with Crippen LogP contribution in [0.25, 0.3) is 16.9 Å². The summed E-state index contributed by atoms with van der Waals surface area (Å²) >= 11 is 0. The molecule has 0 unspecified atom stereocenters. The number of aryl methyl sites for hydroxylation is 1. The van der Waals surface area contributed by atoms with Crippen molar-refractivity contribution in [2.24, 2.45) is 0 Å². The van der Waals surface area contributed by atoms with Gasteiger partial charge < -0.3 is 0 Å². The van der Waals surface area contributed by atoms with E-state index in [1.807, 2.05) is 27.8 Å². The number of rotatable bonds is 8. The Morgan fingerprint density at radius 2 is 1.68 bits per heavy atom. The first-order chi connectivity index (χ1) is 13.8. The Hall–Kier alpha value is -3.21. The Morgan fingerprint density at radius 3 is 2.39 bits per heavy atom. The fraction of sp³-hybridized carbons (Fsp3) is 0.261. The first kappa shape index (κ1) is 18.2. The van der Waals surface area contributed by atoms with E-state index < -0.39 is 0 Å². The monoisotopic (exact) mass is 371 g/mol. The topological polar surface area (TPSA) is 48.5 Å². The van der Waals surface area contributed by atoms with E-state index in [-0.39, 0.29) is 0 Å². The molecule has 4 rings (SSSR count). The molecule has 0 bridgehead atoms. The Labute approximate surface area is 165 Å². The minimum Gasteiger partial charge on any atom is -0.247 e. The van der Waals surface area contributed by atoms with E-state index in [4.69, 9.17) is 0 Å². The molecule has 0 atom stereocenters. The third-order valence-electron chi connectivity index (χ3n) is 4.91. The molecule has 5 heteroatoms. The second-order valence-corrected chi connectivity index (χ2v) is 7.07. The molecule has 0 amide bonds. The Balaban J connectivity index is 1.40. The normalized spacial score (nSPS) is 11.0. The van der Waals surface area contributed by atoms with Crippen molar-refractivity contribution in [3.63, 3.8) is 0 Å². The van der Waals surface area contributed by atoms with Gasteiger partial charge in [0.1, 0.15) is 5.69 Å². The van der Waals surface area contributed by atoms with Gasteiger partial charge in [0.15, 0.2) is 0 Å². The van der Waals surface area contributed by atoms with Gasteiger partial charge in [0.05, 0.1) is 18.4 Å². The summed E-state index contributed by atoms with van der Waals surface area (Å²) in [6, 6.07) is 19.0. The molecule has 0 aliphatic heterocycles. The van der Waals surface area contributed by atoms with Crippen molar-refractivity contribution >= 4 is 0 Å². The van der Waals surface area contributed by atoms with Gasteiger partial charge in [-0.25, -0.2) is 9.36 Å². The predicted octanol–water partition coefficient (Wildman–Crippen LogP) is 4.91. The smallest absolute Gasteiger partial charge is 0.113 e. The van der Waals surface area contributed by atoms with E-state index in [1.165, 1.54) is 30.4 Å². The molecule has 142 valence electrons. The lowest BCUT2D eigenvalue weighted by Crippen LogP contribution is -2.01. The van der Waals surface area contributed by atoms with Gasteiger partial charge in [-0.1, -0.05) is 61.4 Å². The predicted molar refractivity (Wildman–Crippen MR) is 111 cm³/mol. The van der Waals surface area contributed by atoms with Gasteiger partial charge in [-0.05, 0) is 42.2 Å². The average molecular weight is 371 g/mol. The van der Waals surface area contributed by atoms with Crippen LogP contribution in [0.4, 0.5) is 0 Å². The highest BCUT2D eigenvalue weighted by Crippen LogP contribution is 2.18. The largest absolute Gasteiger partial charge is 0.247 e. The first-order valence-electron chi connectivity index (χ1n) is 9.90. The number of hydrogen-bond acceptors (Lipinski definition) is 3. The van der Waals surface area contributed by atoms with E-state index in [0.29, 0.717) is 6.54 Å². The molecular formula is C23H25N5. The maximum absolute atomic E-state index is 4.34.